The van der Waals surface area contributed by atoms with E-state index in [2.05, 4.69) is 19.8 Å². The van der Waals surface area contributed by atoms with Crippen molar-refractivity contribution in [2.75, 3.05) is 13.1 Å². The number of fused-ring (bicyclic) bond motifs is 1. The lowest BCUT2D eigenvalue weighted by atomic mass is 9.91. The first-order chi connectivity index (χ1) is 8.25. The number of nitrogens with zero attached hydrogens (tertiary/aromatic N) is 3. The maximum absolute atomic E-state index is 11.6. The number of carbonyl (C=O) groups excluding carboxylic acids is 1. The fourth-order valence-electron chi connectivity index (χ4n) is 2.72. The van der Waals surface area contributed by atoms with Gasteiger partial charge in [-0.1, -0.05) is 16.1 Å². The second-order valence-electron chi connectivity index (χ2n) is 4.53. The largest absolute Gasteiger partial charge is 0.354 e. The average molecular weight is 273 g/mol. The van der Waals surface area contributed by atoms with Gasteiger partial charge in [-0.25, -0.2) is 0 Å². The molecule has 0 bridgehead atoms. The summed E-state index contributed by atoms with van der Waals surface area (Å²) in [6, 6.07) is 0.300. The molecule has 5 nitrogen and oxygen atoms in total. The molecule has 0 radical (unpaired) electrons. The number of amides is 1. The molecule has 0 saturated carbocycles. The van der Waals surface area contributed by atoms with E-state index in [9.17, 15) is 4.79 Å². The molecule has 92 valence electrons. The maximum Gasteiger partial charge on any atom is 0.224 e. The second-order valence-corrected chi connectivity index (χ2v) is 5.88. The third-order valence-corrected chi connectivity index (χ3v) is 4.56. The van der Waals surface area contributed by atoms with E-state index < -0.39 is 0 Å². The molecule has 17 heavy (non-hydrogen) atoms. The van der Waals surface area contributed by atoms with Crippen LogP contribution >= 0.6 is 23.1 Å². The van der Waals surface area contributed by atoms with Crippen molar-refractivity contribution in [1.29, 1.82) is 0 Å². The number of aromatic nitrogens is 2. The first kappa shape index (κ1) is 11.4. The Kier molecular flexibility index (Phi) is 3.02. The van der Waals surface area contributed by atoms with Crippen LogP contribution in [0.3, 0.4) is 0 Å². The highest BCUT2D eigenvalue weighted by atomic mass is 35.5. The van der Waals surface area contributed by atoms with Gasteiger partial charge < -0.3 is 5.32 Å². The predicted molar refractivity (Wildman–Crippen MR) is 64.9 cm³/mol. The molecule has 0 aromatic carbocycles. The highest BCUT2D eigenvalue weighted by Gasteiger charge is 2.40. The summed E-state index contributed by atoms with van der Waals surface area (Å²) in [6.07, 6.45) is 2.06. The van der Waals surface area contributed by atoms with Gasteiger partial charge in [0.25, 0.3) is 0 Å². The van der Waals surface area contributed by atoms with Crippen LogP contribution in [0.1, 0.15) is 18.5 Å². The number of rotatable bonds is 2. The van der Waals surface area contributed by atoms with Crippen LogP contribution in [0.2, 0.25) is 4.34 Å². The summed E-state index contributed by atoms with van der Waals surface area (Å²) < 4.78 is 4.50. The molecule has 1 N–H and O–H groups in total. The zero-order valence-corrected chi connectivity index (χ0v) is 10.8. The zero-order chi connectivity index (χ0) is 11.8. The minimum absolute atomic E-state index is 0.147. The van der Waals surface area contributed by atoms with Crippen molar-refractivity contribution in [3.8, 4) is 0 Å². The molecule has 0 aliphatic carbocycles. The number of hydrogen-bond acceptors (Lipinski definition) is 5. The van der Waals surface area contributed by atoms with E-state index in [0.29, 0.717) is 16.9 Å². The van der Waals surface area contributed by atoms with Gasteiger partial charge in [-0.15, -0.1) is 5.10 Å². The molecule has 3 heterocycles. The van der Waals surface area contributed by atoms with Crippen molar-refractivity contribution < 1.29 is 4.79 Å². The van der Waals surface area contributed by atoms with Crippen LogP contribution in [0, 0.1) is 5.92 Å². The molecule has 1 amide bonds. The zero-order valence-electron chi connectivity index (χ0n) is 9.23. The molecule has 2 fully saturated rings. The molecular weight excluding hydrogens is 260 g/mol. The topological polar surface area (TPSA) is 58.1 Å². The standard InChI is InChI=1S/C10H13ClN4OS/c11-9-7(13-14-17-9)5-15-3-1-2-6-8(15)4-12-10(6)16/h6,8H,1-5H2,(H,12,16). The van der Waals surface area contributed by atoms with Gasteiger partial charge in [0.05, 0.1) is 5.92 Å². The molecule has 3 rings (SSSR count). The van der Waals surface area contributed by atoms with Gasteiger partial charge in [0.1, 0.15) is 10.0 Å². The van der Waals surface area contributed by atoms with Gasteiger partial charge in [-0.2, -0.15) is 0 Å². The lowest BCUT2D eigenvalue weighted by molar-refractivity contribution is -0.124. The summed E-state index contributed by atoms with van der Waals surface area (Å²) >= 11 is 7.23. The lowest BCUT2D eigenvalue weighted by Crippen LogP contribution is -2.45. The number of halogens is 1. The van der Waals surface area contributed by atoms with Gasteiger partial charge in [0.15, 0.2) is 0 Å². The summed E-state index contributed by atoms with van der Waals surface area (Å²) in [5.41, 5.74) is 0.830. The van der Waals surface area contributed by atoms with E-state index in [1.807, 2.05) is 0 Å². The SMILES string of the molecule is O=C1NCC2C1CCCN2Cc1nnsc1Cl. The average Bonchev–Trinajstić information content (AvgIpc) is 2.89. The Balaban J connectivity index is 1.75. The summed E-state index contributed by atoms with van der Waals surface area (Å²) in [5, 5.41) is 6.97. The quantitative estimate of drug-likeness (QED) is 0.869. The first-order valence-corrected chi connectivity index (χ1v) is 6.89. The van der Waals surface area contributed by atoms with E-state index >= 15 is 0 Å². The van der Waals surface area contributed by atoms with E-state index in [1.54, 1.807) is 0 Å². The highest BCUT2D eigenvalue weighted by Crippen LogP contribution is 2.29. The Labute approximate surface area is 108 Å². The van der Waals surface area contributed by atoms with E-state index in [4.69, 9.17) is 11.6 Å². The van der Waals surface area contributed by atoms with Crippen molar-refractivity contribution in [3.05, 3.63) is 10.0 Å². The van der Waals surface area contributed by atoms with Crippen molar-refractivity contribution in [3.63, 3.8) is 0 Å². The van der Waals surface area contributed by atoms with Gasteiger partial charge >= 0.3 is 0 Å². The molecule has 2 aliphatic heterocycles. The van der Waals surface area contributed by atoms with Crippen molar-refractivity contribution >= 4 is 29.0 Å². The molecule has 1 aromatic heterocycles. The molecule has 2 atom stereocenters. The number of nitrogens with one attached hydrogen (secondary N) is 1. The van der Waals surface area contributed by atoms with Crippen molar-refractivity contribution in [2.45, 2.75) is 25.4 Å². The smallest absolute Gasteiger partial charge is 0.224 e. The molecule has 2 saturated heterocycles. The third-order valence-electron chi connectivity index (χ3n) is 3.58. The molecule has 1 aromatic rings. The normalized spacial score (nSPS) is 29.1. The maximum atomic E-state index is 11.6. The fourth-order valence-corrected chi connectivity index (χ4v) is 3.33. The van der Waals surface area contributed by atoms with Crippen molar-refractivity contribution in [1.82, 2.24) is 19.8 Å². The minimum atomic E-state index is 0.147. The first-order valence-electron chi connectivity index (χ1n) is 5.74. The second kappa shape index (κ2) is 4.51. The minimum Gasteiger partial charge on any atom is -0.354 e. The third kappa shape index (κ3) is 2.05. The van der Waals surface area contributed by atoms with Gasteiger partial charge in [0, 0.05) is 30.7 Å². The van der Waals surface area contributed by atoms with Crippen LogP contribution in [-0.4, -0.2) is 39.5 Å². The van der Waals surface area contributed by atoms with Gasteiger partial charge in [-0.3, -0.25) is 9.69 Å². The van der Waals surface area contributed by atoms with Crippen molar-refractivity contribution in [2.24, 2.45) is 5.92 Å². The number of carbonyl (C=O) groups is 1. The fraction of sp³-hybridized carbons (Fsp3) is 0.700. The highest BCUT2D eigenvalue weighted by molar-refractivity contribution is 7.10. The lowest BCUT2D eigenvalue weighted by Gasteiger charge is -2.35. The Morgan fingerprint density at radius 1 is 1.59 bits per heavy atom. The van der Waals surface area contributed by atoms with Crippen LogP contribution in [0.15, 0.2) is 0 Å². The van der Waals surface area contributed by atoms with E-state index in [1.165, 1.54) is 11.5 Å². The Morgan fingerprint density at radius 2 is 2.47 bits per heavy atom. The number of hydrogen-bond donors (Lipinski definition) is 1. The van der Waals surface area contributed by atoms with Crippen LogP contribution in [0.25, 0.3) is 0 Å². The van der Waals surface area contributed by atoms with E-state index in [-0.39, 0.29) is 11.8 Å². The molecule has 2 unspecified atom stereocenters. The summed E-state index contributed by atoms with van der Waals surface area (Å²) in [5.74, 6) is 0.344. The van der Waals surface area contributed by atoms with Crippen LogP contribution in [0.5, 0.6) is 0 Å². The molecule has 7 heteroatoms. The Hall–Kier alpha value is -0.720. The summed E-state index contributed by atoms with van der Waals surface area (Å²) in [4.78, 5) is 13.9. The molecule has 0 spiro atoms. The van der Waals surface area contributed by atoms with Crippen LogP contribution in [-0.2, 0) is 11.3 Å². The number of likely N-dealkylation sites (tertiary alicyclic amines) is 1. The summed E-state index contributed by atoms with van der Waals surface area (Å²) in [6.45, 7) is 2.45. The van der Waals surface area contributed by atoms with Crippen LogP contribution in [0.4, 0.5) is 0 Å². The Bertz CT molecular complexity index is 438. The molecule has 2 aliphatic rings. The van der Waals surface area contributed by atoms with Gasteiger partial charge in [-0.05, 0) is 19.4 Å². The number of piperidine rings is 1. The predicted octanol–water partition coefficient (Wildman–Crippen LogP) is 0.902. The monoisotopic (exact) mass is 272 g/mol. The van der Waals surface area contributed by atoms with Crippen LogP contribution < -0.4 is 5.32 Å². The van der Waals surface area contributed by atoms with E-state index in [0.717, 1.165) is 31.6 Å². The Morgan fingerprint density at radius 3 is 3.24 bits per heavy atom. The molecular formula is C10H13ClN4OS. The summed E-state index contributed by atoms with van der Waals surface area (Å²) in [7, 11) is 0. The van der Waals surface area contributed by atoms with Gasteiger partial charge in [0.2, 0.25) is 5.91 Å².